The van der Waals surface area contributed by atoms with Crippen LogP contribution in [0.5, 0.6) is 0 Å². The van der Waals surface area contributed by atoms with Gasteiger partial charge in [-0.25, -0.2) is 0 Å². The average Bonchev–Trinajstić information content (AvgIpc) is 3.11. The van der Waals surface area contributed by atoms with Gasteiger partial charge in [0.2, 0.25) is 0 Å². The van der Waals surface area contributed by atoms with Gasteiger partial charge >= 0.3 is 0 Å². The molecule has 9 aromatic rings. The number of para-hydroxylation sites is 1. The van der Waals surface area contributed by atoms with Crippen LogP contribution in [0.1, 0.15) is 0 Å². The van der Waals surface area contributed by atoms with E-state index >= 15 is 0 Å². The molecule has 0 N–H and O–H groups in total. The van der Waals surface area contributed by atoms with E-state index in [1.807, 2.05) is 18.5 Å². The predicted octanol–water partition coefficient (Wildman–Crippen LogP) is 11.9. The maximum absolute atomic E-state index is 4.30. The standard InChI is InChI=1S/C43H28N2/c1-2-11-37(12-3-1)45(38-21-19-29(20-22-38)35-10-7-23-44-28-35)39-26-33-17-15-31-24-36(25-32-16-18-34(27-39)43(33)42(31)32)41-14-6-9-30-8-4-5-13-40(30)41/h1-28H. The number of pyridine rings is 1. The lowest BCUT2D eigenvalue weighted by atomic mass is 9.90. The van der Waals surface area contributed by atoms with Crippen molar-refractivity contribution in [1.82, 2.24) is 4.98 Å². The summed E-state index contributed by atoms with van der Waals surface area (Å²) in [5.41, 5.74) is 8.16. The fraction of sp³-hybridized carbons (Fsp3) is 0. The van der Waals surface area contributed by atoms with Crippen molar-refractivity contribution >= 4 is 60.2 Å². The van der Waals surface area contributed by atoms with Gasteiger partial charge in [0, 0.05) is 29.5 Å². The average molecular weight is 573 g/mol. The van der Waals surface area contributed by atoms with Crippen LogP contribution in [0, 0.1) is 0 Å². The lowest BCUT2D eigenvalue weighted by molar-refractivity contribution is 1.29. The zero-order chi connectivity index (χ0) is 29.7. The van der Waals surface area contributed by atoms with Gasteiger partial charge in [0.1, 0.15) is 0 Å². The molecule has 0 atom stereocenters. The Hall–Kier alpha value is -5.99. The fourth-order valence-electron chi connectivity index (χ4n) is 6.94. The van der Waals surface area contributed by atoms with E-state index in [1.165, 1.54) is 54.2 Å². The molecule has 0 aliphatic carbocycles. The summed E-state index contributed by atoms with van der Waals surface area (Å²) in [6.45, 7) is 0. The number of anilines is 3. The van der Waals surface area contributed by atoms with E-state index in [9.17, 15) is 0 Å². The fourth-order valence-corrected chi connectivity index (χ4v) is 6.94. The zero-order valence-electron chi connectivity index (χ0n) is 24.6. The van der Waals surface area contributed by atoms with Gasteiger partial charge in [-0.1, -0.05) is 103 Å². The lowest BCUT2D eigenvalue weighted by Crippen LogP contribution is -2.10. The van der Waals surface area contributed by atoms with Gasteiger partial charge in [-0.2, -0.15) is 0 Å². The molecule has 0 unspecified atom stereocenters. The molecule has 1 aromatic heterocycles. The summed E-state index contributed by atoms with van der Waals surface area (Å²) in [7, 11) is 0. The third-order valence-corrected chi connectivity index (χ3v) is 9.01. The Kier molecular flexibility index (Phi) is 5.85. The van der Waals surface area contributed by atoms with Crippen molar-refractivity contribution in [2.24, 2.45) is 0 Å². The minimum Gasteiger partial charge on any atom is -0.310 e. The Labute approximate surface area is 261 Å². The molecule has 0 amide bonds. The molecule has 0 saturated heterocycles. The third-order valence-electron chi connectivity index (χ3n) is 9.01. The Morgan fingerprint density at radius 2 is 1.00 bits per heavy atom. The summed E-state index contributed by atoms with van der Waals surface area (Å²) in [4.78, 5) is 6.65. The number of fused-ring (bicyclic) bond motifs is 1. The summed E-state index contributed by atoms with van der Waals surface area (Å²) in [5, 5.41) is 10.2. The molecule has 2 nitrogen and oxygen atoms in total. The molecule has 45 heavy (non-hydrogen) atoms. The summed E-state index contributed by atoms with van der Waals surface area (Å²) in [6.07, 6.45) is 3.72. The van der Waals surface area contributed by atoms with Crippen molar-refractivity contribution in [3.05, 3.63) is 170 Å². The second-order valence-corrected chi connectivity index (χ2v) is 11.7. The van der Waals surface area contributed by atoms with Crippen LogP contribution in [0.25, 0.3) is 65.3 Å². The van der Waals surface area contributed by atoms with Crippen LogP contribution < -0.4 is 4.90 Å². The van der Waals surface area contributed by atoms with Crippen molar-refractivity contribution < 1.29 is 0 Å². The molecular weight excluding hydrogens is 544 g/mol. The number of rotatable bonds is 5. The first-order valence-corrected chi connectivity index (χ1v) is 15.4. The predicted molar refractivity (Wildman–Crippen MR) is 191 cm³/mol. The lowest BCUT2D eigenvalue weighted by Gasteiger charge is -2.27. The van der Waals surface area contributed by atoms with E-state index < -0.39 is 0 Å². The Balaban J connectivity index is 1.20. The molecule has 0 saturated carbocycles. The summed E-state index contributed by atoms with van der Waals surface area (Å²) < 4.78 is 0. The molecule has 210 valence electrons. The molecule has 1 heterocycles. The van der Waals surface area contributed by atoms with Gasteiger partial charge in [-0.05, 0) is 120 Å². The first kappa shape index (κ1) is 25.5. The molecule has 0 radical (unpaired) electrons. The van der Waals surface area contributed by atoms with Gasteiger partial charge < -0.3 is 4.90 Å². The Bertz CT molecular complexity index is 2390. The quantitative estimate of drug-likeness (QED) is 0.191. The normalized spacial score (nSPS) is 11.6. The number of hydrogen-bond donors (Lipinski definition) is 0. The molecule has 8 aromatic carbocycles. The number of hydrogen-bond acceptors (Lipinski definition) is 2. The van der Waals surface area contributed by atoms with Gasteiger partial charge in [0.05, 0.1) is 0 Å². The van der Waals surface area contributed by atoms with Gasteiger partial charge in [0.25, 0.3) is 0 Å². The highest BCUT2D eigenvalue weighted by atomic mass is 15.1. The van der Waals surface area contributed by atoms with E-state index in [4.69, 9.17) is 0 Å². The number of benzene rings is 8. The van der Waals surface area contributed by atoms with Crippen molar-refractivity contribution in [1.29, 1.82) is 0 Å². The maximum Gasteiger partial charge on any atom is 0.0473 e. The molecule has 9 rings (SSSR count). The summed E-state index contributed by atoms with van der Waals surface area (Å²) in [5.74, 6) is 0. The molecule has 0 aliphatic rings. The van der Waals surface area contributed by atoms with Crippen LogP contribution >= 0.6 is 0 Å². The SMILES string of the molecule is c1ccc(N(c2ccc(-c3cccnc3)cc2)c2cc3ccc4cc(-c5cccc6ccccc56)cc5ccc(c2)c3c45)cc1. The Morgan fingerprint density at radius 3 is 1.69 bits per heavy atom. The zero-order valence-corrected chi connectivity index (χ0v) is 24.6. The van der Waals surface area contributed by atoms with E-state index in [-0.39, 0.29) is 0 Å². The highest BCUT2D eigenvalue weighted by Gasteiger charge is 2.17. The van der Waals surface area contributed by atoms with Crippen LogP contribution in [0.2, 0.25) is 0 Å². The van der Waals surface area contributed by atoms with Crippen molar-refractivity contribution in [3.8, 4) is 22.3 Å². The molecule has 0 bridgehead atoms. The smallest absolute Gasteiger partial charge is 0.0473 e. The second kappa shape index (κ2) is 10.3. The first-order valence-electron chi connectivity index (χ1n) is 15.4. The summed E-state index contributed by atoms with van der Waals surface area (Å²) in [6, 6.07) is 57.2. The van der Waals surface area contributed by atoms with E-state index in [2.05, 4.69) is 162 Å². The van der Waals surface area contributed by atoms with Crippen LogP contribution in [0.4, 0.5) is 17.1 Å². The maximum atomic E-state index is 4.30. The molecule has 2 heteroatoms. The largest absolute Gasteiger partial charge is 0.310 e. The first-order chi connectivity index (χ1) is 22.3. The topological polar surface area (TPSA) is 16.1 Å². The minimum atomic E-state index is 1.11. The van der Waals surface area contributed by atoms with Crippen molar-refractivity contribution in [2.75, 3.05) is 4.90 Å². The van der Waals surface area contributed by atoms with Crippen LogP contribution in [-0.2, 0) is 0 Å². The Morgan fingerprint density at radius 1 is 0.378 bits per heavy atom. The highest BCUT2D eigenvalue weighted by molar-refractivity contribution is 6.25. The monoisotopic (exact) mass is 572 g/mol. The van der Waals surface area contributed by atoms with E-state index in [1.54, 1.807) is 0 Å². The van der Waals surface area contributed by atoms with Gasteiger partial charge in [-0.15, -0.1) is 0 Å². The van der Waals surface area contributed by atoms with Gasteiger partial charge in [-0.3, -0.25) is 4.98 Å². The summed E-state index contributed by atoms with van der Waals surface area (Å²) >= 11 is 0. The number of nitrogens with zero attached hydrogens (tertiary/aromatic N) is 2. The van der Waals surface area contributed by atoms with Crippen molar-refractivity contribution in [2.45, 2.75) is 0 Å². The van der Waals surface area contributed by atoms with Crippen LogP contribution in [-0.4, -0.2) is 4.98 Å². The van der Waals surface area contributed by atoms with Gasteiger partial charge in [0.15, 0.2) is 0 Å². The molecular formula is C43H28N2. The van der Waals surface area contributed by atoms with Crippen LogP contribution in [0.3, 0.4) is 0 Å². The third kappa shape index (κ3) is 4.30. The highest BCUT2D eigenvalue weighted by Crippen LogP contribution is 2.43. The van der Waals surface area contributed by atoms with Crippen LogP contribution in [0.15, 0.2) is 170 Å². The van der Waals surface area contributed by atoms with E-state index in [0.29, 0.717) is 0 Å². The molecule has 0 fully saturated rings. The van der Waals surface area contributed by atoms with E-state index in [0.717, 1.165) is 28.2 Å². The second-order valence-electron chi connectivity index (χ2n) is 11.7. The molecule has 0 aliphatic heterocycles. The van der Waals surface area contributed by atoms with Crippen molar-refractivity contribution in [3.63, 3.8) is 0 Å². The minimum absolute atomic E-state index is 1.11. The number of aromatic nitrogens is 1. The molecule has 0 spiro atoms.